The van der Waals surface area contributed by atoms with Crippen molar-refractivity contribution in [3.8, 4) is 0 Å². The van der Waals surface area contributed by atoms with Gasteiger partial charge in [0.25, 0.3) is 0 Å². The number of hydrogen-bond donors (Lipinski definition) is 1. The summed E-state index contributed by atoms with van der Waals surface area (Å²) in [6, 6.07) is 5.11. The van der Waals surface area contributed by atoms with Gasteiger partial charge in [0.15, 0.2) is 0 Å². The first-order chi connectivity index (χ1) is 9.06. The average molecular weight is 276 g/mol. The van der Waals surface area contributed by atoms with Crippen molar-refractivity contribution in [3.05, 3.63) is 56.0 Å². The number of aliphatic hydroxyl groups is 1. The summed E-state index contributed by atoms with van der Waals surface area (Å²) in [5.74, 6) is -0.236. The van der Waals surface area contributed by atoms with Gasteiger partial charge in [-0.3, -0.25) is 0 Å². The van der Waals surface area contributed by atoms with Crippen LogP contribution >= 0.6 is 11.3 Å². The van der Waals surface area contributed by atoms with Crippen LogP contribution in [0.4, 0.5) is 4.39 Å². The van der Waals surface area contributed by atoms with Crippen LogP contribution in [0.25, 0.3) is 0 Å². The van der Waals surface area contributed by atoms with Crippen molar-refractivity contribution >= 4 is 11.3 Å². The minimum Gasteiger partial charge on any atom is -0.383 e. The lowest BCUT2D eigenvalue weighted by atomic mass is 9.96. The van der Waals surface area contributed by atoms with Crippen molar-refractivity contribution in [2.75, 3.05) is 0 Å². The van der Waals surface area contributed by atoms with E-state index in [9.17, 15) is 9.50 Å². The molecule has 1 atom stereocenters. The molecule has 19 heavy (non-hydrogen) atoms. The van der Waals surface area contributed by atoms with Gasteiger partial charge in [-0.15, -0.1) is 11.3 Å². The Hall–Kier alpha value is -1.19. The Bertz CT molecular complexity index is 585. The third-order valence-corrected chi connectivity index (χ3v) is 5.16. The van der Waals surface area contributed by atoms with Crippen LogP contribution in [0, 0.1) is 19.7 Å². The highest BCUT2D eigenvalue weighted by molar-refractivity contribution is 7.12. The van der Waals surface area contributed by atoms with Crippen LogP contribution in [0.2, 0.25) is 0 Å². The molecule has 0 saturated heterocycles. The van der Waals surface area contributed by atoms with Gasteiger partial charge in [0.2, 0.25) is 0 Å². The van der Waals surface area contributed by atoms with Crippen LogP contribution in [0.5, 0.6) is 0 Å². The van der Waals surface area contributed by atoms with Crippen molar-refractivity contribution in [1.82, 2.24) is 0 Å². The van der Waals surface area contributed by atoms with Crippen molar-refractivity contribution in [2.45, 2.75) is 39.2 Å². The smallest absolute Gasteiger partial charge is 0.123 e. The highest BCUT2D eigenvalue weighted by atomic mass is 32.1. The van der Waals surface area contributed by atoms with E-state index >= 15 is 0 Å². The van der Waals surface area contributed by atoms with Gasteiger partial charge in [0, 0.05) is 9.75 Å². The maximum atomic E-state index is 13.3. The number of aliphatic hydroxyl groups excluding tert-OH is 1. The van der Waals surface area contributed by atoms with E-state index in [1.807, 2.05) is 13.8 Å². The summed E-state index contributed by atoms with van der Waals surface area (Å²) in [6.07, 6.45) is 2.86. The Morgan fingerprint density at radius 3 is 2.47 bits per heavy atom. The minimum atomic E-state index is -0.629. The molecule has 0 amide bonds. The second-order valence-corrected chi connectivity index (χ2v) is 6.47. The second kappa shape index (κ2) is 4.73. The Morgan fingerprint density at radius 1 is 1.16 bits per heavy atom. The molecule has 1 nitrogen and oxygen atoms in total. The van der Waals surface area contributed by atoms with Crippen molar-refractivity contribution < 1.29 is 9.50 Å². The van der Waals surface area contributed by atoms with E-state index < -0.39 is 6.10 Å². The number of aryl methyl sites for hydroxylation is 4. The topological polar surface area (TPSA) is 20.2 Å². The molecule has 0 spiro atoms. The van der Waals surface area contributed by atoms with Crippen LogP contribution in [0.15, 0.2) is 18.2 Å². The highest BCUT2D eigenvalue weighted by Gasteiger charge is 2.22. The largest absolute Gasteiger partial charge is 0.383 e. The van der Waals surface area contributed by atoms with Crippen LogP contribution in [0.3, 0.4) is 0 Å². The van der Waals surface area contributed by atoms with Crippen molar-refractivity contribution in [3.63, 3.8) is 0 Å². The summed E-state index contributed by atoms with van der Waals surface area (Å²) < 4.78 is 13.3. The molecule has 1 aromatic carbocycles. The lowest BCUT2D eigenvalue weighted by molar-refractivity contribution is 0.222. The van der Waals surface area contributed by atoms with Gasteiger partial charge in [-0.2, -0.15) is 0 Å². The highest BCUT2D eigenvalue weighted by Crippen LogP contribution is 2.37. The van der Waals surface area contributed by atoms with Crippen LogP contribution in [-0.4, -0.2) is 5.11 Å². The third kappa shape index (κ3) is 2.21. The molecule has 1 aliphatic carbocycles. The molecule has 1 heterocycles. The second-order valence-electron chi connectivity index (χ2n) is 5.31. The number of thiophene rings is 1. The molecule has 3 heteroatoms. The Labute approximate surface area is 116 Å². The van der Waals surface area contributed by atoms with Gasteiger partial charge in [-0.1, -0.05) is 0 Å². The van der Waals surface area contributed by atoms with E-state index in [1.165, 1.54) is 29.0 Å². The molecule has 0 radical (unpaired) electrons. The lowest BCUT2D eigenvalue weighted by Gasteiger charge is -2.15. The number of benzene rings is 1. The molecule has 0 fully saturated rings. The zero-order chi connectivity index (χ0) is 13.6. The molecule has 1 aliphatic rings. The molecule has 1 unspecified atom stereocenters. The number of fused-ring (bicyclic) bond motifs is 1. The van der Waals surface area contributed by atoms with E-state index in [0.29, 0.717) is 0 Å². The minimum absolute atomic E-state index is 0.236. The lowest BCUT2D eigenvalue weighted by Crippen LogP contribution is -2.04. The molecular weight excluding hydrogens is 259 g/mol. The normalized spacial score (nSPS) is 15.6. The maximum Gasteiger partial charge on any atom is 0.123 e. The Morgan fingerprint density at radius 2 is 1.84 bits per heavy atom. The van der Waals surface area contributed by atoms with Crippen molar-refractivity contribution in [1.29, 1.82) is 0 Å². The summed E-state index contributed by atoms with van der Waals surface area (Å²) >= 11 is 1.70. The summed E-state index contributed by atoms with van der Waals surface area (Å²) in [7, 11) is 0. The van der Waals surface area contributed by atoms with E-state index in [-0.39, 0.29) is 5.82 Å². The third-order valence-electron chi connectivity index (χ3n) is 3.87. The van der Waals surface area contributed by atoms with E-state index in [4.69, 9.17) is 0 Å². The molecule has 0 aliphatic heterocycles. The van der Waals surface area contributed by atoms with Gasteiger partial charge in [-0.05, 0) is 73.6 Å². The van der Waals surface area contributed by atoms with Gasteiger partial charge >= 0.3 is 0 Å². The summed E-state index contributed by atoms with van der Waals surface area (Å²) in [6.45, 7) is 3.71. The monoisotopic (exact) mass is 276 g/mol. The fourth-order valence-corrected chi connectivity index (χ4v) is 4.24. The standard InChI is InChI=1S/C16H17FOS/c1-9-6-12(17)7-10(2)15(9)16(18)14-8-11-4-3-5-13(11)19-14/h6-8,16,18H,3-5H2,1-2H3. The fourth-order valence-electron chi connectivity index (χ4n) is 2.98. The van der Waals surface area contributed by atoms with Crippen LogP contribution < -0.4 is 0 Å². The molecule has 2 aromatic rings. The molecule has 0 bridgehead atoms. The van der Waals surface area contributed by atoms with Gasteiger partial charge in [0.05, 0.1) is 0 Å². The first-order valence-corrected chi connectivity index (χ1v) is 7.44. The van der Waals surface area contributed by atoms with Crippen molar-refractivity contribution in [2.24, 2.45) is 0 Å². The van der Waals surface area contributed by atoms with Gasteiger partial charge in [-0.25, -0.2) is 4.39 Å². The maximum absolute atomic E-state index is 13.3. The zero-order valence-electron chi connectivity index (χ0n) is 11.2. The van der Waals surface area contributed by atoms with Crippen LogP contribution in [-0.2, 0) is 12.8 Å². The predicted molar refractivity (Wildman–Crippen MR) is 76.3 cm³/mol. The van der Waals surface area contributed by atoms with Gasteiger partial charge < -0.3 is 5.11 Å². The fraction of sp³-hybridized carbons (Fsp3) is 0.375. The number of halogens is 1. The first-order valence-electron chi connectivity index (χ1n) is 6.62. The summed E-state index contributed by atoms with van der Waals surface area (Å²) in [5.41, 5.74) is 3.87. The zero-order valence-corrected chi connectivity index (χ0v) is 12.0. The van der Waals surface area contributed by atoms with Crippen LogP contribution in [0.1, 0.15) is 44.5 Å². The first kappa shape index (κ1) is 12.8. The Balaban J connectivity index is 2.01. The molecular formula is C16H17FOS. The SMILES string of the molecule is Cc1cc(F)cc(C)c1C(O)c1cc2c(s1)CCC2. The molecule has 1 aromatic heterocycles. The Kier molecular flexibility index (Phi) is 3.19. The molecule has 1 N–H and O–H groups in total. The summed E-state index contributed by atoms with van der Waals surface area (Å²) in [5, 5.41) is 10.6. The molecule has 3 rings (SSSR count). The quantitative estimate of drug-likeness (QED) is 0.876. The molecule has 100 valence electrons. The average Bonchev–Trinajstić information content (AvgIpc) is 2.86. The predicted octanol–water partition coefficient (Wildman–Crippen LogP) is 4.07. The molecule has 0 saturated carbocycles. The van der Waals surface area contributed by atoms with E-state index in [2.05, 4.69) is 6.07 Å². The number of rotatable bonds is 2. The summed E-state index contributed by atoms with van der Waals surface area (Å²) in [4.78, 5) is 2.40. The van der Waals surface area contributed by atoms with E-state index in [1.54, 1.807) is 11.3 Å². The number of hydrogen-bond acceptors (Lipinski definition) is 2. The van der Waals surface area contributed by atoms with E-state index in [0.717, 1.165) is 34.4 Å². The van der Waals surface area contributed by atoms with Gasteiger partial charge in [0.1, 0.15) is 11.9 Å².